The molecule has 0 spiro atoms. The van der Waals surface area contributed by atoms with Crippen molar-refractivity contribution in [2.45, 2.75) is 61.9 Å². The second kappa shape index (κ2) is 31.3. The van der Waals surface area contributed by atoms with Crippen molar-refractivity contribution in [1.29, 1.82) is 0 Å². The van der Waals surface area contributed by atoms with Crippen LogP contribution in [0.3, 0.4) is 0 Å². The van der Waals surface area contributed by atoms with Gasteiger partial charge in [-0.15, -0.1) is 0 Å². The SMILES string of the molecule is N[C@@H](CCC(=O)N[C@@H](CS)C(=O)NCC(=O)O)C(=O)O.N[C@@H](CCC(=O)N[C@@H](CS)C(=O)NCC(=O)O)C(=O)O.N[C@@H](CSSC[C@H](N)C(=O)O)C(=O)O. The molecule has 0 bridgehead atoms. The van der Waals surface area contributed by atoms with Crippen LogP contribution in [0.2, 0.25) is 0 Å². The van der Waals surface area contributed by atoms with Gasteiger partial charge in [-0.1, -0.05) is 21.6 Å². The zero-order valence-corrected chi connectivity index (χ0v) is 31.7. The number of aliphatic carboxylic acids is 6. The number of rotatable bonds is 25. The van der Waals surface area contributed by atoms with Crippen LogP contribution in [0.5, 0.6) is 0 Å². The molecule has 0 aromatic carbocycles. The predicted octanol–water partition coefficient (Wildman–Crippen LogP) is -5.22. The summed E-state index contributed by atoms with van der Waals surface area (Å²) in [5, 5.41) is 59.6. The Morgan fingerprint density at radius 2 is 0.778 bits per heavy atom. The number of nitrogens with one attached hydrogen (secondary N) is 4. The van der Waals surface area contributed by atoms with Gasteiger partial charge >= 0.3 is 35.8 Å². The van der Waals surface area contributed by atoms with Gasteiger partial charge in [0.05, 0.1) is 0 Å². The van der Waals surface area contributed by atoms with Gasteiger partial charge in [-0.2, -0.15) is 25.3 Å². The zero-order valence-electron chi connectivity index (χ0n) is 28.3. The van der Waals surface area contributed by atoms with Gasteiger partial charge in [0.25, 0.3) is 0 Å². The van der Waals surface area contributed by atoms with Crippen LogP contribution >= 0.6 is 46.8 Å². The zero-order chi connectivity index (χ0) is 42.6. The minimum Gasteiger partial charge on any atom is -0.480 e. The first-order valence-electron chi connectivity index (χ1n) is 15.0. The van der Waals surface area contributed by atoms with Gasteiger partial charge in [-0.05, 0) is 12.8 Å². The normalized spacial score (nSPS) is 13.5. The fourth-order valence-corrected chi connectivity index (χ4v) is 5.44. The van der Waals surface area contributed by atoms with E-state index in [9.17, 15) is 47.9 Å². The molecule has 54 heavy (non-hydrogen) atoms. The maximum atomic E-state index is 11.5. The lowest BCUT2D eigenvalue weighted by Gasteiger charge is -2.16. The van der Waals surface area contributed by atoms with Crippen molar-refractivity contribution in [2.75, 3.05) is 36.1 Å². The van der Waals surface area contributed by atoms with Crippen molar-refractivity contribution in [1.82, 2.24) is 21.3 Å². The molecule has 0 rings (SSSR count). The van der Waals surface area contributed by atoms with Crippen molar-refractivity contribution in [3.8, 4) is 0 Å². The molecule has 0 unspecified atom stereocenters. The van der Waals surface area contributed by atoms with E-state index in [2.05, 4.69) is 46.5 Å². The molecule has 28 heteroatoms. The van der Waals surface area contributed by atoms with E-state index in [1.807, 2.05) is 0 Å². The van der Waals surface area contributed by atoms with Gasteiger partial charge < -0.3 is 74.8 Å². The molecule has 24 nitrogen and oxygen atoms in total. The molecule has 0 radical (unpaired) electrons. The number of carbonyl (C=O) groups excluding carboxylic acids is 4. The molecule has 0 aromatic rings. The molecule has 0 aromatic heterocycles. The average Bonchev–Trinajstić information content (AvgIpc) is 3.10. The fourth-order valence-electron chi connectivity index (χ4n) is 2.70. The summed E-state index contributed by atoms with van der Waals surface area (Å²) in [5.41, 5.74) is 20.9. The molecule has 310 valence electrons. The minimum atomic E-state index is -1.22. The van der Waals surface area contributed by atoms with E-state index >= 15 is 0 Å². The van der Waals surface area contributed by atoms with Crippen LogP contribution in [0.1, 0.15) is 25.7 Å². The fraction of sp³-hybridized carbons (Fsp3) is 0.615. The molecule has 0 heterocycles. The Kier molecular flexibility index (Phi) is 31.5. The molecule has 0 saturated heterocycles. The largest absolute Gasteiger partial charge is 0.480 e. The number of amides is 4. The summed E-state index contributed by atoms with van der Waals surface area (Å²) in [6, 6.07) is -6.15. The summed E-state index contributed by atoms with van der Waals surface area (Å²) in [5.74, 6) is -9.09. The van der Waals surface area contributed by atoms with Gasteiger partial charge in [0.1, 0.15) is 49.3 Å². The average molecular weight is 855 g/mol. The number of thiol groups is 2. The van der Waals surface area contributed by atoms with E-state index in [-0.39, 0.29) is 48.7 Å². The highest BCUT2D eigenvalue weighted by Crippen LogP contribution is 2.22. The standard InChI is InChI=1S/2C10H17N3O6S.C6H12N2O4S2/c2*11-5(10(18)19)1-2-7(14)13-6(4-20)9(17)12-3-8(15)16;7-3(5(9)10)1-13-14-2-4(8)6(11)12/h2*5-6,20H,1-4,11H2,(H,12,17)(H,13,14)(H,15,16)(H,18,19);3-4H,1-2,7-8H2,(H,9,10)(H,11,12)/t2*5-,6-;3-,4-/m000/s1. The Morgan fingerprint density at radius 3 is 1.00 bits per heavy atom. The lowest BCUT2D eigenvalue weighted by molar-refractivity contribution is -0.140. The first kappa shape index (κ1) is 54.3. The maximum Gasteiger partial charge on any atom is 0.322 e. The van der Waals surface area contributed by atoms with Crippen LogP contribution in [0.25, 0.3) is 0 Å². The molecule has 4 amide bonds. The Balaban J connectivity index is -0.000000736. The molecular weight excluding hydrogens is 809 g/mol. The monoisotopic (exact) mass is 854 g/mol. The smallest absolute Gasteiger partial charge is 0.322 e. The number of carboxylic acids is 6. The molecule has 0 saturated carbocycles. The minimum absolute atomic E-state index is 0.0256. The van der Waals surface area contributed by atoms with Crippen molar-refractivity contribution < 1.29 is 78.6 Å². The quantitative estimate of drug-likeness (QED) is 0.0232. The Labute approximate surface area is 326 Å². The Hall–Kier alpha value is -4.06. The van der Waals surface area contributed by atoms with Gasteiger partial charge in [0.2, 0.25) is 23.6 Å². The van der Waals surface area contributed by atoms with Crippen LogP contribution in [0.15, 0.2) is 0 Å². The van der Waals surface area contributed by atoms with Crippen LogP contribution in [0.4, 0.5) is 0 Å². The van der Waals surface area contributed by atoms with Crippen LogP contribution in [-0.2, 0) is 47.9 Å². The van der Waals surface area contributed by atoms with E-state index in [1.165, 1.54) is 21.6 Å². The third kappa shape index (κ3) is 30.4. The molecule has 0 aliphatic rings. The number of hydrogen-bond donors (Lipinski definition) is 16. The second-order valence-electron chi connectivity index (χ2n) is 10.3. The number of carboxylic acid groups (broad SMARTS) is 6. The molecular formula is C26H46N8O16S4. The van der Waals surface area contributed by atoms with Crippen molar-refractivity contribution in [2.24, 2.45) is 22.9 Å². The molecule has 6 atom stereocenters. The van der Waals surface area contributed by atoms with Crippen molar-refractivity contribution >= 4 is 106 Å². The third-order valence-corrected chi connectivity index (χ3v) is 8.91. The first-order valence-corrected chi connectivity index (χ1v) is 18.7. The summed E-state index contributed by atoms with van der Waals surface area (Å²) in [4.78, 5) is 108. The van der Waals surface area contributed by atoms with Crippen molar-refractivity contribution in [3.05, 3.63) is 0 Å². The highest BCUT2D eigenvalue weighted by Gasteiger charge is 2.22. The van der Waals surface area contributed by atoms with Gasteiger partial charge in [-0.25, -0.2) is 0 Å². The van der Waals surface area contributed by atoms with Gasteiger partial charge in [-0.3, -0.25) is 47.9 Å². The summed E-state index contributed by atoms with van der Waals surface area (Å²) in [6.07, 6.45) is -0.470. The highest BCUT2D eigenvalue weighted by atomic mass is 33.1. The van der Waals surface area contributed by atoms with Crippen LogP contribution in [-0.4, -0.2) is 162 Å². The first-order chi connectivity index (χ1) is 25.0. The second-order valence-corrected chi connectivity index (χ2v) is 13.5. The Bertz CT molecular complexity index is 1190. The molecule has 0 aliphatic heterocycles. The summed E-state index contributed by atoms with van der Waals surface area (Å²) < 4.78 is 0. The highest BCUT2D eigenvalue weighted by molar-refractivity contribution is 8.76. The molecule has 18 N–H and O–H groups in total. The number of hydrogen-bond acceptors (Lipinski definition) is 18. The molecule has 0 aliphatic carbocycles. The summed E-state index contributed by atoms with van der Waals surface area (Å²) >= 11 is 7.75. The summed E-state index contributed by atoms with van der Waals surface area (Å²) in [6.45, 7) is -1.13. The van der Waals surface area contributed by atoms with Gasteiger partial charge in [0, 0.05) is 35.9 Å². The van der Waals surface area contributed by atoms with E-state index in [0.717, 1.165) is 0 Å². The number of nitrogens with two attached hydrogens (primary N) is 4. The van der Waals surface area contributed by atoms with Crippen LogP contribution in [0, 0.1) is 0 Å². The topological polar surface area (TPSA) is 444 Å². The van der Waals surface area contributed by atoms with Crippen molar-refractivity contribution in [3.63, 3.8) is 0 Å². The third-order valence-electron chi connectivity index (χ3n) is 5.71. The maximum absolute atomic E-state index is 11.5. The lowest BCUT2D eigenvalue weighted by atomic mass is 10.1. The van der Waals surface area contributed by atoms with Gasteiger partial charge in [0.15, 0.2) is 0 Å². The van der Waals surface area contributed by atoms with Crippen LogP contribution < -0.4 is 44.2 Å². The van der Waals surface area contributed by atoms with E-state index in [4.69, 9.17) is 53.6 Å². The predicted molar refractivity (Wildman–Crippen MR) is 199 cm³/mol. The lowest BCUT2D eigenvalue weighted by Crippen LogP contribution is -2.49. The van der Waals surface area contributed by atoms with E-state index < -0.39 is 109 Å². The van der Waals surface area contributed by atoms with E-state index in [0.29, 0.717) is 0 Å². The van der Waals surface area contributed by atoms with E-state index in [1.54, 1.807) is 0 Å². The summed E-state index contributed by atoms with van der Waals surface area (Å²) in [7, 11) is 2.41. The number of carbonyl (C=O) groups is 10. The molecule has 0 fully saturated rings. The Morgan fingerprint density at radius 1 is 0.500 bits per heavy atom.